The van der Waals surface area contributed by atoms with Crippen LogP contribution in [0.5, 0.6) is 11.6 Å². The van der Waals surface area contributed by atoms with Gasteiger partial charge in [-0.1, -0.05) is 0 Å². The molecule has 1 fully saturated rings. The number of ether oxygens (including phenoxy) is 3. The van der Waals surface area contributed by atoms with Crippen molar-refractivity contribution in [2.75, 3.05) is 25.6 Å². The Kier molecular flexibility index (Phi) is 6.23. The van der Waals surface area contributed by atoms with Gasteiger partial charge >= 0.3 is 6.18 Å². The summed E-state index contributed by atoms with van der Waals surface area (Å²) in [7, 11) is 1.47. The van der Waals surface area contributed by atoms with Crippen molar-refractivity contribution in [2.24, 2.45) is 0 Å². The third-order valence-electron chi connectivity index (χ3n) is 6.08. The lowest BCUT2D eigenvalue weighted by atomic mass is 10.0. The molecule has 2 aromatic carbocycles. The van der Waals surface area contributed by atoms with Crippen LogP contribution in [-0.4, -0.2) is 45.9 Å². The van der Waals surface area contributed by atoms with Crippen molar-refractivity contribution >= 4 is 28.1 Å². The molecular formula is C24H22F3N5O5. The highest BCUT2D eigenvalue weighted by atomic mass is 19.4. The van der Waals surface area contributed by atoms with Crippen LogP contribution in [0, 0.1) is 10.1 Å². The van der Waals surface area contributed by atoms with E-state index in [0.717, 1.165) is 18.6 Å². The second kappa shape index (κ2) is 9.39. The van der Waals surface area contributed by atoms with Crippen LogP contribution in [0.25, 0.3) is 16.6 Å². The van der Waals surface area contributed by atoms with Crippen LogP contribution in [0.15, 0.2) is 42.5 Å². The van der Waals surface area contributed by atoms with E-state index in [1.165, 1.54) is 7.11 Å². The van der Waals surface area contributed by atoms with Gasteiger partial charge in [0.25, 0.3) is 5.69 Å². The number of fused-ring (bicyclic) bond motifs is 3. The van der Waals surface area contributed by atoms with E-state index in [1.54, 1.807) is 35.7 Å². The van der Waals surface area contributed by atoms with Crippen LogP contribution >= 0.6 is 0 Å². The number of methoxy groups -OCH3 is 1. The largest absolute Gasteiger partial charge is 0.488 e. The molecule has 0 spiro atoms. The van der Waals surface area contributed by atoms with Crippen LogP contribution < -0.4 is 14.8 Å². The number of hydrogen-bond donors (Lipinski definition) is 1. The molecule has 2 atom stereocenters. The lowest BCUT2D eigenvalue weighted by Crippen LogP contribution is -2.16. The van der Waals surface area contributed by atoms with Crippen molar-refractivity contribution < 1.29 is 32.3 Å². The van der Waals surface area contributed by atoms with Crippen molar-refractivity contribution in [3.63, 3.8) is 0 Å². The molecule has 0 amide bonds. The molecule has 10 nitrogen and oxygen atoms in total. The molecule has 37 heavy (non-hydrogen) atoms. The van der Waals surface area contributed by atoms with E-state index in [4.69, 9.17) is 14.2 Å². The molecular weight excluding hydrogens is 495 g/mol. The Morgan fingerprint density at radius 2 is 2.05 bits per heavy atom. The Morgan fingerprint density at radius 1 is 1.24 bits per heavy atom. The zero-order valence-electron chi connectivity index (χ0n) is 19.8. The summed E-state index contributed by atoms with van der Waals surface area (Å²) in [6.45, 7) is 2.69. The summed E-state index contributed by atoms with van der Waals surface area (Å²) in [6, 6.07) is 8.72. The summed E-state index contributed by atoms with van der Waals surface area (Å²) < 4.78 is 58.5. The Labute approximate surface area is 208 Å². The molecule has 13 heteroatoms. The number of nitrogens with zero attached hydrogens (tertiary/aromatic N) is 4. The number of alkyl halides is 3. The summed E-state index contributed by atoms with van der Waals surface area (Å²) in [5.41, 5.74) is -0.590. The Bertz CT molecular complexity index is 1480. The number of aromatic nitrogens is 3. The average Bonchev–Trinajstić information content (AvgIpc) is 3.53. The number of hydrogen-bond acceptors (Lipinski definition) is 8. The van der Waals surface area contributed by atoms with Gasteiger partial charge in [-0.3, -0.25) is 10.1 Å². The van der Waals surface area contributed by atoms with Crippen LogP contribution in [-0.2, 0) is 10.9 Å². The first kappa shape index (κ1) is 24.6. The summed E-state index contributed by atoms with van der Waals surface area (Å²) in [6.07, 6.45) is -4.09. The Morgan fingerprint density at radius 3 is 2.73 bits per heavy atom. The van der Waals surface area contributed by atoms with Gasteiger partial charge in [-0.2, -0.15) is 13.2 Å². The fraction of sp³-hybridized carbons (Fsp3) is 0.333. The van der Waals surface area contributed by atoms with Gasteiger partial charge in [-0.25, -0.2) is 9.50 Å². The predicted molar refractivity (Wildman–Crippen MR) is 127 cm³/mol. The quantitative estimate of drug-likeness (QED) is 0.264. The van der Waals surface area contributed by atoms with Crippen LogP contribution in [0.1, 0.15) is 30.5 Å². The van der Waals surface area contributed by atoms with Crippen molar-refractivity contribution in [1.82, 2.24) is 14.6 Å². The molecule has 0 aliphatic carbocycles. The topological polar surface area (TPSA) is 113 Å². The van der Waals surface area contributed by atoms with E-state index in [2.05, 4.69) is 15.4 Å². The minimum absolute atomic E-state index is 0.0814. The average molecular weight is 517 g/mol. The number of nitro benzene ring substituents is 1. The Balaban J connectivity index is 1.58. The molecule has 1 aliphatic rings. The highest BCUT2D eigenvalue weighted by Crippen LogP contribution is 2.36. The van der Waals surface area contributed by atoms with Crippen molar-refractivity contribution in [3.8, 4) is 11.6 Å². The maximum Gasteiger partial charge on any atom is 0.416 e. The van der Waals surface area contributed by atoms with E-state index < -0.39 is 28.4 Å². The van der Waals surface area contributed by atoms with E-state index in [9.17, 15) is 23.3 Å². The van der Waals surface area contributed by atoms with Gasteiger partial charge in [0.2, 0.25) is 5.88 Å². The first-order valence-corrected chi connectivity index (χ1v) is 11.4. The third-order valence-corrected chi connectivity index (χ3v) is 6.08. The second-order valence-corrected chi connectivity index (χ2v) is 8.63. The number of anilines is 1. The molecule has 1 N–H and O–H groups in total. The maximum atomic E-state index is 13.4. The monoisotopic (exact) mass is 517 g/mol. The fourth-order valence-corrected chi connectivity index (χ4v) is 4.19. The number of benzene rings is 2. The first-order valence-electron chi connectivity index (χ1n) is 11.4. The molecule has 5 rings (SSSR count). The van der Waals surface area contributed by atoms with Gasteiger partial charge in [0.05, 0.1) is 42.4 Å². The van der Waals surface area contributed by atoms with Gasteiger partial charge in [-0.05, 0) is 36.8 Å². The van der Waals surface area contributed by atoms with E-state index >= 15 is 0 Å². The Hall–Kier alpha value is -4.13. The maximum absolute atomic E-state index is 13.4. The lowest BCUT2D eigenvalue weighted by Gasteiger charge is -2.19. The van der Waals surface area contributed by atoms with Crippen molar-refractivity contribution in [2.45, 2.75) is 31.7 Å². The molecule has 1 aliphatic heterocycles. The second-order valence-electron chi connectivity index (χ2n) is 8.63. The van der Waals surface area contributed by atoms with Crippen molar-refractivity contribution in [3.05, 3.63) is 63.7 Å². The van der Waals surface area contributed by atoms with Crippen LogP contribution in [0.4, 0.5) is 24.7 Å². The molecule has 0 unspecified atom stereocenters. The summed E-state index contributed by atoms with van der Waals surface area (Å²) in [4.78, 5) is 15.1. The van der Waals surface area contributed by atoms with Crippen LogP contribution in [0.3, 0.4) is 0 Å². The van der Waals surface area contributed by atoms with Gasteiger partial charge in [-0.15, -0.1) is 5.10 Å². The first-order chi connectivity index (χ1) is 17.6. The molecule has 4 aromatic rings. The number of nitro groups is 1. The molecule has 1 saturated heterocycles. The third kappa shape index (κ3) is 4.94. The molecule has 0 bridgehead atoms. The minimum Gasteiger partial charge on any atom is -0.488 e. The number of non-ortho nitro benzene ring substituents is 1. The molecule has 0 saturated carbocycles. The number of halogens is 3. The number of rotatable bonds is 7. The van der Waals surface area contributed by atoms with Gasteiger partial charge in [0.15, 0.2) is 5.65 Å². The van der Waals surface area contributed by atoms with E-state index in [-0.39, 0.29) is 11.7 Å². The number of nitrogens with one attached hydrogen (secondary N) is 1. The SMILES string of the molecule is COc1cc2nc(N[C@H](C)c3cc([N+](=O)[O-])cc(C(F)(F)F)c3)c3cc(O[C@H]4CCOC4)ccc3n2n1. The lowest BCUT2D eigenvalue weighted by molar-refractivity contribution is -0.385. The summed E-state index contributed by atoms with van der Waals surface area (Å²) >= 11 is 0. The van der Waals surface area contributed by atoms with Gasteiger partial charge in [0, 0.05) is 30.0 Å². The summed E-state index contributed by atoms with van der Waals surface area (Å²) in [5, 5.41) is 19.4. The smallest absolute Gasteiger partial charge is 0.416 e. The zero-order chi connectivity index (χ0) is 26.3. The summed E-state index contributed by atoms with van der Waals surface area (Å²) in [5.74, 6) is 1.23. The van der Waals surface area contributed by atoms with Gasteiger partial charge < -0.3 is 19.5 Å². The highest BCUT2D eigenvalue weighted by molar-refractivity contribution is 5.92. The normalized spacial score (nSPS) is 16.7. The fourth-order valence-electron chi connectivity index (χ4n) is 4.19. The van der Waals surface area contributed by atoms with Crippen molar-refractivity contribution in [1.29, 1.82) is 0 Å². The van der Waals surface area contributed by atoms with E-state index in [1.807, 2.05) is 0 Å². The predicted octanol–water partition coefficient (Wildman–Crippen LogP) is 5.16. The molecule has 0 radical (unpaired) electrons. The minimum atomic E-state index is -4.74. The zero-order valence-corrected chi connectivity index (χ0v) is 19.8. The van der Waals surface area contributed by atoms with E-state index in [0.29, 0.717) is 53.3 Å². The highest BCUT2D eigenvalue weighted by Gasteiger charge is 2.33. The van der Waals surface area contributed by atoms with Gasteiger partial charge in [0.1, 0.15) is 17.7 Å². The standard InChI is InChI=1S/C24H22F3N5O5/c1-13(14-7-15(24(25,26)27)9-16(8-14)32(33)34)28-23-19-10-17(37-18-5-6-36-12-18)3-4-20(19)31-21(29-23)11-22(30-31)35-2/h3-4,7-11,13,18H,5-6,12H2,1-2H3,(H,28,29)/t13-,18+/m1/s1. The van der Waals surface area contributed by atoms with Crippen LogP contribution in [0.2, 0.25) is 0 Å². The molecule has 2 aromatic heterocycles. The molecule has 3 heterocycles. The molecule has 194 valence electrons.